The molecule has 0 aliphatic carbocycles. The van der Waals surface area contributed by atoms with Gasteiger partial charge in [-0.2, -0.15) is 0 Å². The Morgan fingerprint density at radius 2 is 1.00 bits per heavy atom. The van der Waals surface area contributed by atoms with E-state index >= 15 is 0 Å². The fourth-order valence-corrected chi connectivity index (χ4v) is 0. The SMILES string of the molecule is [Mo+4].[O-2].[Ti+4].[V]. The van der Waals surface area contributed by atoms with E-state index in [-0.39, 0.29) is 66.8 Å². The molecule has 0 saturated heterocycles. The number of hydrogen-bond acceptors (Lipinski definition) is 0. The van der Waals surface area contributed by atoms with Crippen LogP contribution in [0.2, 0.25) is 0 Å². The Balaban J connectivity index is 0. The largest absolute Gasteiger partial charge is 4.00 e. The van der Waals surface area contributed by atoms with Gasteiger partial charge in [-0.15, -0.1) is 0 Å². The topological polar surface area (TPSA) is 28.5 Å². The Labute approximate surface area is 66.3 Å². The van der Waals surface area contributed by atoms with Gasteiger partial charge in [0.05, 0.1) is 0 Å². The van der Waals surface area contributed by atoms with Crippen molar-refractivity contribution in [1.29, 1.82) is 0 Å². The van der Waals surface area contributed by atoms with Crippen molar-refractivity contribution in [3.05, 3.63) is 0 Å². The maximum Gasteiger partial charge on any atom is 4.00 e. The van der Waals surface area contributed by atoms with Crippen LogP contribution < -0.4 is 0 Å². The smallest absolute Gasteiger partial charge is 2.00 e. The average molecular weight is 211 g/mol. The molecule has 1 nitrogen and oxygen atoms in total. The molecule has 4 heavy (non-hydrogen) atoms. The van der Waals surface area contributed by atoms with Gasteiger partial charge in [-0.25, -0.2) is 0 Å². The first-order valence-corrected chi connectivity index (χ1v) is 0. The molecule has 0 bridgehead atoms. The molecule has 0 aromatic rings. The first-order valence-electron chi connectivity index (χ1n) is 0. The van der Waals surface area contributed by atoms with E-state index in [1.54, 1.807) is 0 Å². The van der Waals surface area contributed by atoms with E-state index in [2.05, 4.69) is 0 Å². The zero-order chi connectivity index (χ0) is 0. The van der Waals surface area contributed by atoms with Gasteiger partial charge in [0.15, 0.2) is 0 Å². The quantitative estimate of drug-likeness (QED) is 0.499. The summed E-state index contributed by atoms with van der Waals surface area (Å²) in [7, 11) is 0. The van der Waals surface area contributed by atoms with Crippen molar-refractivity contribution in [2.24, 2.45) is 0 Å². The molecule has 0 N–H and O–H groups in total. The van der Waals surface area contributed by atoms with Gasteiger partial charge in [0.1, 0.15) is 0 Å². The number of hydrogen-bond donors (Lipinski definition) is 0. The van der Waals surface area contributed by atoms with E-state index < -0.39 is 0 Å². The Morgan fingerprint density at radius 1 is 1.00 bits per heavy atom. The Hall–Kier alpha value is 1.95. The Kier molecular flexibility index (Phi) is 195. The van der Waals surface area contributed by atoms with Crippen LogP contribution in [-0.2, 0) is 66.8 Å². The summed E-state index contributed by atoms with van der Waals surface area (Å²) in [5.41, 5.74) is 0. The maximum atomic E-state index is 0. The van der Waals surface area contributed by atoms with Crippen molar-refractivity contribution in [2.75, 3.05) is 0 Å². The van der Waals surface area contributed by atoms with Crippen molar-refractivity contribution >= 4 is 0 Å². The fourth-order valence-electron chi connectivity index (χ4n) is 0. The van der Waals surface area contributed by atoms with Gasteiger partial charge < -0.3 is 5.48 Å². The summed E-state index contributed by atoms with van der Waals surface area (Å²) in [6, 6.07) is 0. The first-order chi connectivity index (χ1) is 0. The van der Waals surface area contributed by atoms with Crippen LogP contribution in [0.25, 0.3) is 0 Å². The summed E-state index contributed by atoms with van der Waals surface area (Å²) >= 11 is 0. The molecule has 0 aliphatic rings. The molecule has 0 spiro atoms. The van der Waals surface area contributed by atoms with E-state index in [0.29, 0.717) is 0 Å². The Morgan fingerprint density at radius 3 is 1.00 bits per heavy atom. The van der Waals surface area contributed by atoms with Crippen LogP contribution in [0, 0.1) is 0 Å². The number of rotatable bonds is 0. The average Bonchev–Trinajstić information content (AvgIpc) is 0. The van der Waals surface area contributed by atoms with E-state index in [9.17, 15) is 0 Å². The molecule has 0 amide bonds. The van der Waals surface area contributed by atoms with Crippen LogP contribution in [-0.4, -0.2) is 0 Å². The molecular formula is MoOTiV+6. The summed E-state index contributed by atoms with van der Waals surface area (Å²) in [6.45, 7) is 0. The summed E-state index contributed by atoms with van der Waals surface area (Å²) in [4.78, 5) is 0. The second kappa shape index (κ2) is 20.3. The van der Waals surface area contributed by atoms with E-state index in [4.69, 9.17) is 0 Å². The van der Waals surface area contributed by atoms with Gasteiger partial charge >= 0.3 is 42.8 Å². The van der Waals surface area contributed by atoms with E-state index in [1.807, 2.05) is 0 Å². The molecular weight excluding hydrogens is 211 g/mol. The van der Waals surface area contributed by atoms with Gasteiger partial charge in [0, 0.05) is 18.6 Å². The summed E-state index contributed by atoms with van der Waals surface area (Å²) in [6.07, 6.45) is 0. The molecule has 0 heterocycles. The van der Waals surface area contributed by atoms with Gasteiger partial charge in [-0.3, -0.25) is 0 Å². The van der Waals surface area contributed by atoms with Crippen molar-refractivity contribution in [2.45, 2.75) is 0 Å². The van der Waals surface area contributed by atoms with Gasteiger partial charge in [0.2, 0.25) is 0 Å². The zero-order valence-corrected chi connectivity index (χ0v) is 6.73. The molecule has 0 aromatic heterocycles. The van der Waals surface area contributed by atoms with Crippen LogP contribution in [0.1, 0.15) is 0 Å². The predicted octanol–water partition coefficient (Wildman–Crippen LogP) is -0.126. The predicted molar refractivity (Wildman–Crippen MR) is 0.686 cm³/mol. The minimum absolute atomic E-state index is 0. The van der Waals surface area contributed by atoms with Crippen LogP contribution >= 0.6 is 0 Å². The van der Waals surface area contributed by atoms with E-state index in [1.165, 1.54) is 0 Å². The molecule has 0 atom stereocenters. The second-order valence-electron chi connectivity index (χ2n) is 0. The van der Waals surface area contributed by atoms with Crippen molar-refractivity contribution in [3.63, 3.8) is 0 Å². The normalized spacial score (nSPS) is 0. The summed E-state index contributed by atoms with van der Waals surface area (Å²) in [5, 5.41) is 0. The third-order valence-corrected chi connectivity index (χ3v) is 0. The first kappa shape index (κ1) is 38.4. The van der Waals surface area contributed by atoms with E-state index in [0.717, 1.165) is 0 Å². The van der Waals surface area contributed by atoms with Crippen molar-refractivity contribution < 1.29 is 66.8 Å². The molecule has 4 heteroatoms. The fraction of sp³-hybridized carbons (Fsp3) is 0. The molecule has 0 aromatic carbocycles. The van der Waals surface area contributed by atoms with Gasteiger partial charge in [-0.05, 0) is 0 Å². The Bertz CT molecular complexity index is 8.00. The second-order valence-corrected chi connectivity index (χ2v) is 0. The van der Waals surface area contributed by atoms with Gasteiger partial charge in [-0.1, -0.05) is 0 Å². The van der Waals surface area contributed by atoms with Crippen LogP contribution in [0.3, 0.4) is 0 Å². The molecule has 0 fully saturated rings. The molecule has 15 valence electrons. The third-order valence-electron chi connectivity index (χ3n) is 0. The third kappa shape index (κ3) is 9.04. The zero-order valence-electron chi connectivity index (χ0n) is 1.76. The molecule has 1 radical (unpaired) electrons. The van der Waals surface area contributed by atoms with Crippen LogP contribution in [0.5, 0.6) is 0 Å². The summed E-state index contributed by atoms with van der Waals surface area (Å²) < 4.78 is 0. The van der Waals surface area contributed by atoms with Gasteiger partial charge in [0.25, 0.3) is 0 Å². The van der Waals surface area contributed by atoms with Crippen LogP contribution in [0.4, 0.5) is 0 Å². The standard InChI is InChI=1S/Mo.O.Ti.V/q+4;-2;+4;. The minimum atomic E-state index is 0. The maximum absolute atomic E-state index is 0. The molecule has 0 aliphatic heterocycles. The molecule has 0 saturated carbocycles. The molecule has 0 rings (SSSR count). The van der Waals surface area contributed by atoms with Crippen molar-refractivity contribution in [1.82, 2.24) is 0 Å². The monoisotopic (exact) mass is 213 g/mol. The summed E-state index contributed by atoms with van der Waals surface area (Å²) in [5.74, 6) is 0. The minimum Gasteiger partial charge on any atom is -2.00 e. The van der Waals surface area contributed by atoms with Crippen molar-refractivity contribution in [3.8, 4) is 0 Å². The molecule has 0 unspecified atom stereocenters. The van der Waals surface area contributed by atoms with Crippen LogP contribution in [0.15, 0.2) is 0 Å².